The van der Waals surface area contributed by atoms with E-state index >= 15 is 0 Å². The molecule has 0 spiro atoms. The van der Waals surface area contributed by atoms with E-state index in [2.05, 4.69) is 0 Å². The number of hydrogen-bond donors (Lipinski definition) is 0. The number of nitrogens with zero attached hydrogens (tertiary/aromatic N) is 3. The number of anilines is 1. The van der Waals surface area contributed by atoms with Crippen molar-refractivity contribution in [2.24, 2.45) is 14.1 Å². The average molecular weight is 339 g/mol. The van der Waals surface area contributed by atoms with Gasteiger partial charge in [0.25, 0.3) is 17.4 Å². The molecule has 4 rings (SSSR count). The van der Waals surface area contributed by atoms with Gasteiger partial charge < -0.3 is 4.74 Å². The second-order valence-corrected chi connectivity index (χ2v) is 5.84. The Kier molecular flexibility index (Phi) is 3.05. The van der Waals surface area contributed by atoms with Gasteiger partial charge >= 0.3 is 5.69 Å². The molecule has 25 heavy (non-hydrogen) atoms. The Morgan fingerprint density at radius 3 is 2.32 bits per heavy atom. The Morgan fingerprint density at radius 1 is 0.960 bits per heavy atom. The van der Waals surface area contributed by atoms with E-state index in [1.165, 1.54) is 20.2 Å². The second-order valence-electron chi connectivity index (χ2n) is 5.84. The monoisotopic (exact) mass is 339 g/mol. The molecule has 0 aliphatic carbocycles. The van der Waals surface area contributed by atoms with Gasteiger partial charge in [-0.15, -0.1) is 0 Å². The zero-order chi connectivity index (χ0) is 17.9. The molecule has 8 heteroatoms. The van der Waals surface area contributed by atoms with Crippen molar-refractivity contribution < 1.29 is 14.3 Å². The molecule has 126 valence electrons. The number of rotatable bonds is 1. The molecule has 2 aliphatic heterocycles. The van der Waals surface area contributed by atoms with Gasteiger partial charge in [0, 0.05) is 14.1 Å². The number of para-hydroxylation sites is 1. The summed E-state index contributed by atoms with van der Waals surface area (Å²) in [5.41, 5.74) is -0.578. The van der Waals surface area contributed by atoms with Crippen LogP contribution in [-0.4, -0.2) is 27.1 Å². The summed E-state index contributed by atoms with van der Waals surface area (Å²) in [5, 5.41) is 0. The van der Waals surface area contributed by atoms with Crippen LogP contribution in [-0.2, 0) is 23.7 Å². The van der Waals surface area contributed by atoms with E-state index in [1.54, 1.807) is 30.3 Å². The first-order valence-corrected chi connectivity index (χ1v) is 7.53. The highest BCUT2D eigenvalue weighted by Gasteiger charge is 2.48. The zero-order valence-electron chi connectivity index (χ0n) is 13.4. The van der Waals surface area contributed by atoms with Crippen LogP contribution in [0, 0.1) is 0 Å². The zero-order valence-corrected chi connectivity index (χ0v) is 13.4. The van der Waals surface area contributed by atoms with Crippen LogP contribution in [0.25, 0.3) is 6.08 Å². The molecule has 1 unspecified atom stereocenters. The SMILES string of the molecule is Cn1c2c(c(=O)n(C)c1=O)C=C1C(=O)N(c3ccccc3)C(=O)C1O2. The van der Waals surface area contributed by atoms with Crippen molar-refractivity contribution in [1.82, 2.24) is 9.13 Å². The lowest BCUT2D eigenvalue weighted by Gasteiger charge is -2.21. The Morgan fingerprint density at radius 2 is 1.64 bits per heavy atom. The number of benzene rings is 1. The molecule has 2 amide bonds. The molecule has 8 nitrogen and oxygen atoms in total. The summed E-state index contributed by atoms with van der Waals surface area (Å²) in [5.74, 6) is -1.11. The van der Waals surface area contributed by atoms with Crippen LogP contribution in [0.4, 0.5) is 5.69 Å². The normalized spacial score (nSPS) is 18.6. The fourth-order valence-corrected chi connectivity index (χ4v) is 3.05. The lowest BCUT2D eigenvalue weighted by molar-refractivity contribution is -0.123. The van der Waals surface area contributed by atoms with Crippen molar-refractivity contribution in [1.29, 1.82) is 0 Å². The third-order valence-electron chi connectivity index (χ3n) is 4.36. The van der Waals surface area contributed by atoms with E-state index in [1.807, 2.05) is 0 Å². The van der Waals surface area contributed by atoms with Crippen LogP contribution >= 0.6 is 0 Å². The van der Waals surface area contributed by atoms with Crippen molar-refractivity contribution >= 4 is 23.6 Å². The van der Waals surface area contributed by atoms with E-state index in [4.69, 9.17) is 4.74 Å². The highest BCUT2D eigenvalue weighted by molar-refractivity contribution is 6.32. The maximum absolute atomic E-state index is 12.7. The minimum atomic E-state index is -1.17. The summed E-state index contributed by atoms with van der Waals surface area (Å²) in [6.45, 7) is 0. The van der Waals surface area contributed by atoms with Gasteiger partial charge in [-0.05, 0) is 18.2 Å². The predicted octanol–water partition coefficient (Wildman–Crippen LogP) is -0.198. The van der Waals surface area contributed by atoms with Gasteiger partial charge in [-0.1, -0.05) is 18.2 Å². The number of carbonyl (C=O) groups excluding carboxylic acids is 2. The topological polar surface area (TPSA) is 90.6 Å². The minimum absolute atomic E-state index is 0.0158. The molecular formula is C17H13N3O5. The summed E-state index contributed by atoms with van der Waals surface area (Å²) in [6.07, 6.45) is 0.173. The maximum atomic E-state index is 12.7. The quantitative estimate of drug-likeness (QED) is 0.671. The number of carbonyl (C=O) groups is 2. The van der Waals surface area contributed by atoms with Crippen molar-refractivity contribution in [2.75, 3.05) is 4.90 Å². The van der Waals surface area contributed by atoms with Crippen LogP contribution in [0.1, 0.15) is 5.56 Å². The number of ether oxygens (including phenoxy) is 1. The lowest BCUT2D eigenvalue weighted by atomic mass is 10.1. The summed E-state index contributed by atoms with van der Waals surface area (Å²) >= 11 is 0. The van der Waals surface area contributed by atoms with E-state index in [0.29, 0.717) is 5.69 Å². The van der Waals surface area contributed by atoms with E-state index in [0.717, 1.165) is 14.0 Å². The van der Waals surface area contributed by atoms with Gasteiger partial charge in [-0.25, -0.2) is 9.69 Å². The molecule has 3 heterocycles. The molecule has 1 aromatic heterocycles. The summed E-state index contributed by atoms with van der Waals surface area (Å²) in [4.78, 5) is 50.8. The first kappa shape index (κ1) is 15.1. The fraction of sp³-hybridized carbons (Fsp3) is 0.176. The van der Waals surface area contributed by atoms with Gasteiger partial charge in [-0.3, -0.25) is 23.5 Å². The molecule has 0 radical (unpaired) electrons. The molecule has 1 fully saturated rings. The highest BCUT2D eigenvalue weighted by Crippen LogP contribution is 2.34. The van der Waals surface area contributed by atoms with Crippen LogP contribution in [0.2, 0.25) is 0 Å². The third kappa shape index (κ3) is 1.94. The molecule has 0 saturated carbocycles. The van der Waals surface area contributed by atoms with Crippen LogP contribution in [0.15, 0.2) is 45.5 Å². The number of imide groups is 1. The van der Waals surface area contributed by atoms with Gasteiger partial charge in [0.1, 0.15) is 5.56 Å². The van der Waals surface area contributed by atoms with Crippen molar-refractivity contribution in [3.63, 3.8) is 0 Å². The molecule has 2 aliphatic rings. The second kappa shape index (κ2) is 5.04. The van der Waals surface area contributed by atoms with E-state index in [-0.39, 0.29) is 17.0 Å². The first-order valence-electron chi connectivity index (χ1n) is 7.53. The lowest BCUT2D eigenvalue weighted by Crippen LogP contribution is -2.42. The smallest absolute Gasteiger partial charge is 0.333 e. The Bertz CT molecular complexity index is 1080. The molecule has 1 aromatic carbocycles. The van der Waals surface area contributed by atoms with E-state index in [9.17, 15) is 19.2 Å². The molecule has 1 atom stereocenters. The van der Waals surface area contributed by atoms with Gasteiger partial charge in [-0.2, -0.15) is 0 Å². The summed E-state index contributed by atoms with van der Waals surface area (Å²) in [6, 6.07) is 8.46. The highest BCUT2D eigenvalue weighted by atomic mass is 16.5. The molecule has 2 aromatic rings. The van der Waals surface area contributed by atoms with E-state index < -0.39 is 29.2 Å². The standard InChI is InChI=1S/C17H13N3O5/c1-18-13(21)11-8-10-12(25-16(11)19(2)17(18)24)15(23)20(14(10)22)9-6-4-3-5-7-9/h3-8,12H,1-2H3. The number of aromatic nitrogens is 2. The summed E-state index contributed by atoms with van der Waals surface area (Å²) in [7, 11) is 2.78. The number of fused-ring (bicyclic) bond motifs is 2. The van der Waals surface area contributed by atoms with Crippen LogP contribution in [0.5, 0.6) is 5.88 Å². The van der Waals surface area contributed by atoms with Gasteiger partial charge in [0.15, 0.2) is 0 Å². The predicted molar refractivity (Wildman–Crippen MR) is 88.3 cm³/mol. The Balaban J connectivity index is 1.90. The van der Waals surface area contributed by atoms with Gasteiger partial charge in [0.05, 0.1) is 11.3 Å². The first-order chi connectivity index (χ1) is 11.9. The fourth-order valence-electron chi connectivity index (χ4n) is 3.05. The number of hydrogen-bond acceptors (Lipinski definition) is 5. The van der Waals surface area contributed by atoms with Crippen molar-refractivity contribution in [3.05, 3.63) is 62.3 Å². The van der Waals surface area contributed by atoms with Crippen molar-refractivity contribution in [2.45, 2.75) is 6.10 Å². The maximum Gasteiger partial charge on any atom is 0.333 e. The third-order valence-corrected chi connectivity index (χ3v) is 4.36. The molecule has 0 N–H and O–H groups in total. The minimum Gasteiger partial charge on any atom is -0.460 e. The average Bonchev–Trinajstić information content (AvgIpc) is 2.88. The molecular weight excluding hydrogens is 326 g/mol. The summed E-state index contributed by atoms with van der Waals surface area (Å²) < 4.78 is 7.68. The Hall–Kier alpha value is -3.42. The van der Waals surface area contributed by atoms with Crippen LogP contribution < -0.4 is 20.9 Å². The molecule has 0 bridgehead atoms. The Labute approximate surface area is 141 Å². The molecule has 1 saturated heterocycles. The van der Waals surface area contributed by atoms with Crippen molar-refractivity contribution in [3.8, 4) is 5.88 Å². The van der Waals surface area contributed by atoms with Crippen LogP contribution in [0.3, 0.4) is 0 Å². The number of amides is 2. The largest absolute Gasteiger partial charge is 0.460 e. The van der Waals surface area contributed by atoms with Gasteiger partial charge in [0.2, 0.25) is 12.0 Å².